The molecule has 4 rings (SSSR count). The second kappa shape index (κ2) is 12.2. The lowest BCUT2D eigenvalue weighted by molar-refractivity contribution is 0.154. The van der Waals surface area contributed by atoms with Crippen LogP contribution in [0.5, 0.6) is 0 Å². The zero-order chi connectivity index (χ0) is 27.9. The van der Waals surface area contributed by atoms with Gasteiger partial charge in [-0.1, -0.05) is 121 Å². The molecule has 0 fully saturated rings. The fourth-order valence-corrected chi connectivity index (χ4v) is 7.61. The molecule has 0 atom stereocenters. The van der Waals surface area contributed by atoms with Gasteiger partial charge in [0.1, 0.15) is 0 Å². The minimum absolute atomic E-state index is 0.430. The van der Waals surface area contributed by atoms with Crippen LogP contribution in [0.1, 0.15) is 22.3 Å². The molecule has 0 aliphatic heterocycles. The van der Waals surface area contributed by atoms with E-state index in [4.69, 9.17) is 0 Å². The molecule has 0 N–H and O–H groups in total. The van der Waals surface area contributed by atoms with Crippen LogP contribution in [0.25, 0.3) is 0 Å². The van der Waals surface area contributed by atoms with E-state index in [1.54, 1.807) is 121 Å². The van der Waals surface area contributed by atoms with Crippen molar-refractivity contribution in [1.82, 2.24) is 8.61 Å². The Labute approximate surface area is 228 Å². The molecule has 0 aromatic heterocycles. The van der Waals surface area contributed by atoms with Crippen LogP contribution < -0.4 is 0 Å². The largest absolute Gasteiger partial charge is 0.473 e. The standard InChI is InChI=1S/C29H28F2N2O4S2/c30-29(31,38(34,35)32(21-25-13-5-1-6-14-25)22-26-15-7-2-8-16-26)39(36,37)33(23-27-17-9-3-10-18-27)24-28-19-11-4-12-20-28/h1-20H,21-24H2. The van der Waals surface area contributed by atoms with Gasteiger partial charge in [0.25, 0.3) is 20.0 Å². The highest BCUT2D eigenvalue weighted by Crippen LogP contribution is 2.37. The van der Waals surface area contributed by atoms with Crippen molar-refractivity contribution < 1.29 is 25.6 Å². The van der Waals surface area contributed by atoms with E-state index in [1.807, 2.05) is 0 Å². The van der Waals surface area contributed by atoms with Gasteiger partial charge in [-0.2, -0.15) is 17.4 Å². The summed E-state index contributed by atoms with van der Waals surface area (Å²) in [6, 6.07) is 32.8. The minimum atomic E-state index is -5.71. The number of sulfonamides is 2. The lowest BCUT2D eigenvalue weighted by Crippen LogP contribution is -2.52. The van der Waals surface area contributed by atoms with Gasteiger partial charge in [0.05, 0.1) is 0 Å². The summed E-state index contributed by atoms with van der Waals surface area (Å²) < 4.78 is 82.3. The Morgan fingerprint density at radius 3 is 0.846 bits per heavy atom. The van der Waals surface area contributed by atoms with Gasteiger partial charge in [-0.3, -0.25) is 0 Å². The predicted octanol–water partition coefficient (Wildman–Crippen LogP) is 5.60. The summed E-state index contributed by atoms with van der Waals surface area (Å²) >= 11 is 0. The first-order valence-corrected chi connectivity index (χ1v) is 15.0. The number of rotatable bonds is 12. The summed E-state index contributed by atoms with van der Waals surface area (Å²) in [6.07, 6.45) is 0. The van der Waals surface area contributed by atoms with Crippen molar-refractivity contribution in [2.45, 2.75) is 30.8 Å². The van der Waals surface area contributed by atoms with E-state index >= 15 is 8.78 Å². The van der Waals surface area contributed by atoms with Crippen LogP contribution in [0.4, 0.5) is 8.78 Å². The van der Waals surface area contributed by atoms with Crippen molar-refractivity contribution in [2.24, 2.45) is 0 Å². The molecule has 0 amide bonds. The third-order valence-electron chi connectivity index (χ3n) is 6.09. The Morgan fingerprint density at radius 2 is 0.641 bits per heavy atom. The fraction of sp³-hybridized carbons (Fsp3) is 0.172. The maximum Gasteiger partial charge on any atom is 0.473 e. The van der Waals surface area contributed by atoms with Crippen LogP contribution in [0.2, 0.25) is 0 Å². The summed E-state index contributed by atoms with van der Waals surface area (Å²) in [5.41, 5.74) is 1.76. The van der Waals surface area contributed by atoms with Gasteiger partial charge in [-0.15, -0.1) is 0 Å². The molecule has 0 unspecified atom stereocenters. The Hall–Kier alpha value is -3.44. The smallest absolute Gasteiger partial charge is 0.204 e. The number of hydrogen-bond acceptors (Lipinski definition) is 4. The van der Waals surface area contributed by atoms with Gasteiger partial charge in [0.15, 0.2) is 0 Å². The Morgan fingerprint density at radius 1 is 0.436 bits per heavy atom. The van der Waals surface area contributed by atoms with Gasteiger partial charge >= 0.3 is 4.59 Å². The van der Waals surface area contributed by atoms with Crippen LogP contribution in [0.3, 0.4) is 0 Å². The number of halogens is 2. The first-order valence-electron chi connectivity index (χ1n) is 12.1. The summed E-state index contributed by atoms with van der Waals surface area (Å²) in [6.45, 7) is -1.72. The fourth-order valence-electron chi connectivity index (χ4n) is 4.03. The molecule has 0 saturated heterocycles. The van der Waals surface area contributed by atoms with Crippen molar-refractivity contribution in [3.8, 4) is 0 Å². The van der Waals surface area contributed by atoms with Gasteiger partial charge < -0.3 is 0 Å². The molecule has 204 valence electrons. The summed E-state index contributed by atoms with van der Waals surface area (Å²) in [5.74, 6) is 0. The second-order valence-corrected chi connectivity index (χ2v) is 13.2. The second-order valence-electron chi connectivity index (χ2n) is 8.95. The maximum atomic E-state index is 16.0. The zero-order valence-electron chi connectivity index (χ0n) is 21.0. The van der Waals surface area contributed by atoms with E-state index in [0.717, 1.165) is 0 Å². The highest BCUT2D eigenvalue weighted by molar-refractivity contribution is 8.07. The molecule has 6 nitrogen and oxygen atoms in total. The Bertz CT molecular complexity index is 1350. The number of hydrogen-bond donors (Lipinski definition) is 0. The average molecular weight is 571 g/mol. The predicted molar refractivity (Wildman–Crippen MR) is 147 cm³/mol. The van der Waals surface area contributed by atoms with E-state index in [9.17, 15) is 16.8 Å². The summed E-state index contributed by atoms with van der Waals surface area (Å²) in [7, 11) is -11.4. The third kappa shape index (κ3) is 6.59. The highest BCUT2D eigenvalue weighted by Gasteiger charge is 2.62. The molecular formula is C29H28F2N2O4S2. The lowest BCUT2D eigenvalue weighted by atomic mass is 10.2. The van der Waals surface area contributed by atoms with Crippen LogP contribution in [-0.4, -0.2) is 30.0 Å². The Balaban J connectivity index is 1.74. The van der Waals surface area contributed by atoms with Gasteiger partial charge in [-0.25, -0.2) is 16.8 Å². The van der Waals surface area contributed by atoms with E-state index in [2.05, 4.69) is 0 Å². The molecule has 4 aromatic rings. The van der Waals surface area contributed by atoms with Crippen molar-refractivity contribution in [3.63, 3.8) is 0 Å². The SMILES string of the molecule is O=S(=O)(N(Cc1ccccc1)Cc1ccccc1)C(F)(F)S(=O)(=O)N(Cc1ccccc1)Cc1ccccc1. The number of nitrogens with zero attached hydrogens (tertiary/aromatic N) is 2. The van der Waals surface area contributed by atoms with Crippen molar-refractivity contribution in [1.29, 1.82) is 0 Å². The highest BCUT2D eigenvalue weighted by atomic mass is 32.3. The normalized spacial score (nSPS) is 12.6. The minimum Gasteiger partial charge on any atom is -0.204 e. The van der Waals surface area contributed by atoms with Crippen molar-refractivity contribution >= 4 is 20.0 Å². The lowest BCUT2D eigenvalue weighted by Gasteiger charge is -2.31. The molecule has 0 bridgehead atoms. The van der Waals surface area contributed by atoms with E-state index in [-0.39, 0.29) is 0 Å². The topological polar surface area (TPSA) is 74.8 Å². The molecule has 0 heterocycles. The van der Waals surface area contributed by atoms with Gasteiger partial charge in [0.2, 0.25) is 0 Å². The van der Waals surface area contributed by atoms with Crippen LogP contribution >= 0.6 is 0 Å². The first-order chi connectivity index (χ1) is 18.6. The van der Waals surface area contributed by atoms with E-state index in [1.165, 1.54) is 0 Å². The molecule has 0 radical (unpaired) electrons. The van der Waals surface area contributed by atoms with Crippen molar-refractivity contribution in [2.75, 3.05) is 0 Å². The summed E-state index contributed by atoms with van der Waals surface area (Å²) in [5, 5.41) is 0. The summed E-state index contributed by atoms with van der Waals surface area (Å²) in [4.78, 5) is 0. The molecule has 0 spiro atoms. The monoisotopic (exact) mass is 570 g/mol. The molecular weight excluding hydrogens is 542 g/mol. The Kier molecular flexibility index (Phi) is 8.91. The van der Waals surface area contributed by atoms with Gasteiger partial charge in [-0.05, 0) is 22.3 Å². The molecule has 0 aliphatic carbocycles. The number of alkyl halides is 2. The average Bonchev–Trinajstić information content (AvgIpc) is 2.94. The molecule has 4 aromatic carbocycles. The third-order valence-corrected chi connectivity index (χ3v) is 10.4. The van der Waals surface area contributed by atoms with Gasteiger partial charge in [0, 0.05) is 26.2 Å². The quantitative estimate of drug-likeness (QED) is 0.222. The van der Waals surface area contributed by atoms with Crippen LogP contribution in [0, 0.1) is 0 Å². The zero-order valence-corrected chi connectivity index (χ0v) is 22.6. The van der Waals surface area contributed by atoms with Crippen LogP contribution in [-0.2, 0) is 46.2 Å². The van der Waals surface area contributed by atoms with Crippen LogP contribution in [0.15, 0.2) is 121 Å². The van der Waals surface area contributed by atoms with E-state index in [0.29, 0.717) is 30.9 Å². The van der Waals surface area contributed by atoms with E-state index < -0.39 is 50.8 Å². The molecule has 39 heavy (non-hydrogen) atoms. The molecule has 0 saturated carbocycles. The first kappa shape index (κ1) is 28.6. The number of benzene rings is 4. The molecule has 0 aliphatic rings. The molecule has 10 heteroatoms. The maximum absolute atomic E-state index is 16.0. The van der Waals surface area contributed by atoms with Crippen molar-refractivity contribution in [3.05, 3.63) is 144 Å².